The summed E-state index contributed by atoms with van der Waals surface area (Å²) in [5.74, 6) is -0.520. The molecule has 0 aliphatic carbocycles. The number of phosphoric acid groups is 1. The van der Waals surface area contributed by atoms with Crippen molar-refractivity contribution in [3.05, 3.63) is 72.9 Å². The molecule has 1 amide bonds. The van der Waals surface area contributed by atoms with Crippen LogP contribution in [0.1, 0.15) is 310 Å². The van der Waals surface area contributed by atoms with E-state index < -0.39 is 20.0 Å². The van der Waals surface area contributed by atoms with Gasteiger partial charge in [-0.15, -0.1) is 0 Å². The van der Waals surface area contributed by atoms with Crippen LogP contribution in [0.15, 0.2) is 72.9 Å². The second-order valence-corrected chi connectivity index (χ2v) is 25.4. The minimum Gasteiger partial charge on any atom is -0.456 e. The molecule has 10 heteroatoms. The molecule has 0 aliphatic heterocycles. The second-order valence-electron chi connectivity index (χ2n) is 24.0. The fourth-order valence-corrected chi connectivity index (χ4v) is 10.4. The maximum Gasteiger partial charge on any atom is 0.472 e. The van der Waals surface area contributed by atoms with Gasteiger partial charge in [0.25, 0.3) is 0 Å². The molecular weight excluding hydrogens is 1010 g/mol. The quantitative estimate of drug-likeness (QED) is 0.0205. The fourth-order valence-electron chi connectivity index (χ4n) is 9.63. The zero-order chi connectivity index (χ0) is 58.6. The zero-order valence-corrected chi connectivity index (χ0v) is 54.2. The molecule has 3 unspecified atom stereocenters. The summed E-state index contributed by atoms with van der Waals surface area (Å²) < 4.78 is 30.8. The number of hydrogen-bond acceptors (Lipinski definition) is 6. The van der Waals surface area contributed by atoms with Crippen molar-refractivity contribution in [1.29, 1.82) is 0 Å². The fraction of sp³-hybridized carbons (Fsp3) is 0.800. The SMILES string of the molecule is CCCCC/C=C\C/C=C\C/C=C\C/C=C\CCCCCCCC(=O)NC(COP(=O)(O)OCC[N+](C)(C)C)C(/C=C/CCCCCCCCCCCC)OC(=O)CCCCCCCCCCCCC/C=C/CCCCCCCC. The number of nitrogens with zero attached hydrogens (tertiary/aromatic N) is 1. The average molecular weight is 1140 g/mol. The van der Waals surface area contributed by atoms with Crippen molar-refractivity contribution < 1.29 is 37.3 Å². The molecule has 0 aromatic heterocycles. The van der Waals surface area contributed by atoms with Crippen LogP contribution in [-0.2, 0) is 27.9 Å². The van der Waals surface area contributed by atoms with Crippen molar-refractivity contribution in [3.63, 3.8) is 0 Å². The van der Waals surface area contributed by atoms with Crippen molar-refractivity contribution in [2.75, 3.05) is 40.9 Å². The van der Waals surface area contributed by atoms with Crippen molar-refractivity contribution >= 4 is 19.7 Å². The Morgan fingerprint density at radius 2 is 0.762 bits per heavy atom. The number of hydrogen-bond donors (Lipinski definition) is 2. The lowest BCUT2D eigenvalue weighted by atomic mass is 10.0. The van der Waals surface area contributed by atoms with Gasteiger partial charge in [-0.2, -0.15) is 0 Å². The number of nitrogens with one attached hydrogen (secondary N) is 1. The van der Waals surface area contributed by atoms with E-state index in [0.717, 1.165) is 96.3 Å². The van der Waals surface area contributed by atoms with E-state index in [1.54, 1.807) is 0 Å². The molecule has 0 saturated heterocycles. The first kappa shape index (κ1) is 77.5. The third-order valence-electron chi connectivity index (χ3n) is 14.9. The minimum atomic E-state index is -4.46. The maximum absolute atomic E-state index is 13.6. The summed E-state index contributed by atoms with van der Waals surface area (Å²) in [5.41, 5.74) is 0. The summed E-state index contributed by atoms with van der Waals surface area (Å²) >= 11 is 0. The molecule has 0 aromatic carbocycles. The van der Waals surface area contributed by atoms with E-state index in [0.29, 0.717) is 17.4 Å². The highest BCUT2D eigenvalue weighted by atomic mass is 31.2. The Morgan fingerprint density at radius 3 is 1.18 bits per heavy atom. The highest BCUT2D eigenvalue weighted by molar-refractivity contribution is 7.47. The summed E-state index contributed by atoms with van der Waals surface area (Å²) in [7, 11) is 1.48. The van der Waals surface area contributed by atoms with Gasteiger partial charge < -0.3 is 19.4 Å². The van der Waals surface area contributed by atoms with Crippen LogP contribution in [0.3, 0.4) is 0 Å². The normalized spacial score (nSPS) is 14.0. The van der Waals surface area contributed by atoms with Gasteiger partial charge in [0, 0.05) is 12.8 Å². The topological polar surface area (TPSA) is 111 Å². The number of amides is 1. The van der Waals surface area contributed by atoms with Crippen LogP contribution in [0.2, 0.25) is 0 Å². The van der Waals surface area contributed by atoms with Gasteiger partial charge in [0.05, 0.1) is 33.8 Å². The Bertz CT molecular complexity index is 1600. The number of quaternary nitrogens is 1. The Kier molecular flexibility index (Phi) is 57.7. The summed E-state index contributed by atoms with van der Waals surface area (Å²) in [5, 5.41) is 3.06. The Balaban J connectivity index is 5.19. The van der Waals surface area contributed by atoms with Crippen molar-refractivity contribution in [1.82, 2.24) is 5.32 Å². The molecule has 9 nitrogen and oxygen atoms in total. The number of unbranched alkanes of at least 4 members (excludes halogenated alkanes) is 35. The number of carbonyl (C=O) groups is 2. The van der Waals surface area contributed by atoms with Crippen LogP contribution in [0, 0.1) is 0 Å². The summed E-state index contributed by atoms with van der Waals surface area (Å²) in [6.07, 6.45) is 77.6. The molecule has 3 atom stereocenters. The smallest absolute Gasteiger partial charge is 0.456 e. The van der Waals surface area contributed by atoms with Crippen LogP contribution in [0.25, 0.3) is 0 Å². The van der Waals surface area contributed by atoms with Gasteiger partial charge >= 0.3 is 13.8 Å². The number of allylic oxidation sites excluding steroid dienone is 11. The van der Waals surface area contributed by atoms with Gasteiger partial charge in [0.2, 0.25) is 5.91 Å². The Morgan fingerprint density at radius 1 is 0.438 bits per heavy atom. The van der Waals surface area contributed by atoms with Crippen LogP contribution in [0.5, 0.6) is 0 Å². The summed E-state index contributed by atoms with van der Waals surface area (Å²) in [6.45, 7) is 6.99. The molecule has 466 valence electrons. The van der Waals surface area contributed by atoms with E-state index in [1.165, 1.54) is 180 Å². The molecule has 0 saturated carbocycles. The number of ether oxygens (including phenoxy) is 1. The molecule has 0 aliphatic rings. The van der Waals surface area contributed by atoms with E-state index in [-0.39, 0.29) is 31.5 Å². The lowest BCUT2D eigenvalue weighted by Gasteiger charge is -2.27. The molecule has 2 N–H and O–H groups in total. The van der Waals surface area contributed by atoms with Crippen LogP contribution < -0.4 is 5.32 Å². The van der Waals surface area contributed by atoms with Gasteiger partial charge in [-0.25, -0.2) is 4.57 Å². The molecule has 0 radical (unpaired) electrons. The first-order valence-corrected chi connectivity index (χ1v) is 35.3. The predicted octanol–water partition coefficient (Wildman–Crippen LogP) is 21.2. The molecule has 0 spiro atoms. The van der Waals surface area contributed by atoms with Crippen LogP contribution >= 0.6 is 7.82 Å². The van der Waals surface area contributed by atoms with Crippen molar-refractivity contribution in [2.24, 2.45) is 0 Å². The van der Waals surface area contributed by atoms with Crippen LogP contribution in [0.4, 0.5) is 0 Å². The molecular formula is C70H130N2O7P+. The summed E-state index contributed by atoms with van der Waals surface area (Å²) in [4.78, 5) is 37.8. The molecule has 0 fully saturated rings. The summed E-state index contributed by atoms with van der Waals surface area (Å²) in [6, 6.07) is -0.861. The van der Waals surface area contributed by atoms with Crippen molar-refractivity contribution in [3.8, 4) is 0 Å². The lowest BCUT2D eigenvalue weighted by molar-refractivity contribution is -0.870. The van der Waals surface area contributed by atoms with Gasteiger partial charge in [0.1, 0.15) is 19.3 Å². The number of likely N-dealkylation sites (N-methyl/N-ethyl adjacent to an activating group) is 1. The van der Waals surface area contributed by atoms with Gasteiger partial charge in [-0.05, 0) is 102 Å². The molecule has 0 aromatic rings. The maximum atomic E-state index is 13.6. The lowest BCUT2D eigenvalue weighted by Crippen LogP contribution is -2.47. The third-order valence-corrected chi connectivity index (χ3v) is 15.9. The van der Waals surface area contributed by atoms with E-state index in [1.807, 2.05) is 33.3 Å². The average Bonchev–Trinajstić information content (AvgIpc) is 3.42. The van der Waals surface area contributed by atoms with E-state index in [2.05, 4.69) is 86.8 Å². The largest absolute Gasteiger partial charge is 0.472 e. The standard InChI is InChI=1S/C70H129N2O7P/c1-7-10-13-16-19-22-25-28-30-32-34-36-38-40-42-44-47-50-53-56-59-62-69(73)71-67(66-78-80(75,76)77-65-64-72(4,5)6)68(61-58-55-52-49-46-27-24-21-18-15-12-9-3)79-70(74)63-60-57-54-51-48-45-43-41-39-37-35-33-31-29-26-23-20-17-14-11-8-2/h19,22,28-31,34,36,40,42,58,61,67-68H,7-18,20-21,23-27,32-33,35,37-39,41,43-57,59-60,62-66H2,1-6H3,(H-,71,73,75,76)/p+1/b22-19-,30-28-,31-29+,36-34-,42-40-,61-58+. The molecule has 0 heterocycles. The second kappa shape index (κ2) is 59.6. The van der Waals surface area contributed by atoms with Crippen molar-refractivity contribution in [2.45, 2.75) is 322 Å². The van der Waals surface area contributed by atoms with E-state index in [9.17, 15) is 19.0 Å². The Hall–Kier alpha value is -2.55. The number of esters is 1. The highest BCUT2D eigenvalue weighted by Crippen LogP contribution is 2.43. The number of phosphoric ester groups is 1. The predicted molar refractivity (Wildman–Crippen MR) is 346 cm³/mol. The van der Waals surface area contributed by atoms with E-state index in [4.69, 9.17) is 13.8 Å². The van der Waals surface area contributed by atoms with E-state index >= 15 is 0 Å². The van der Waals surface area contributed by atoms with Crippen LogP contribution in [-0.4, -0.2) is 74.3 Å². The first-order valence-electron chi connectivity index (χ1n) is 33.8. The first-order chi connectivity index (χ1) is 38.9. The molecule has 0 rings (SSSR count). The molecule has 80 heavy (non-hydrogen) atoms. The zero-order valence-electron chi connectivity index (χ0n) is 53.3. The van der Waals surface area contributed by atoms with Gasteiger partial charge in [-0.1, -0.05) is 267 Å². The third kappa shape index (κ3) is 60.1. The monoisotopic (exact) mass is 1140 g/mol. The van der Waals surface area contributed by atoms with Gasteiger partial charge in [-0.3, -0.25) is 18.6 Å². The highest BCUT2D eigenvalue weighted by Gasteiger charge is 2.30. The van der Waals surface area contributed by atoms with Gasteiger partial charge in [0.15, 0.2) is 0 Å². The Labute approximate surface area is 495 Å². The number of rotatable bonds is 61. The number of carbonyl (C=O) groups excluding carboxylic acids is 2. The minimum absolute atomic E-state index is 0.0344. The molecule has 0 bridgehead atoms.